The fourth-order valence-electron chi connectivity index (χ4n) is 3.88. The average molecular weight is 410 g/mol. The van der Waals surface area contributed by atoms with Crippen LogP contribution in [0.5, 0.6) is 0 Å². The van der Waals surface area contributed by atoms with E-state index in [0.29, 0.717) is 44.5 Å². The van der Waals surface area contributed by atoms with Crippen LogP contribution >= 0.6 is 0 Å². The van der Waals surface area contributed by atoms with Gasteiger partial charge >= 0.3 is 0 Å². The van der Waals surface area contributed by atoms with Gasteiger partial charge in [-0.1, -0.05) is 19.9 Å². The van der Waals surface area contributed by atoms with Gasteiger partial charge in [-0.15, -0.1) is 0 Å². The predicted molar refractivity (Wildman–Crippen MR) is 109 cm³/mol. The average Bonchev–Trinajstić information content (AvgIpc) is 2.66. The van der Waals surface area contributed by atoms with Gasteiger partial charge in [0.1, 0.15) is 0 Å². The minimum Gasteiger partial charge on any atom is -0.355 e. The molecule has 2 rings (SSSR count). The van der Waals surface area contributed by atoms with Crippen molar-refractivity contribution in [3.63, 3.8) is 0 Å². The highest BCUT2D eigenvalue weighted by Crippen LogP contribution is 2.20. The van der Waals surface area contributed by atoms with Crippen molar-refractivity contribution in [2.75, 3.05) is 40.3 Å². The van der Waals surface area contributed by atoms with E-state index in [9.17, 15) is 18.4 Å². The lowest BCUT2D eigenvalue weighted by atomic mass is 9.91. The van der Waals surface area contributed by atoms with E-state index < -0.39 is 11.6 Å². The first-order valence-corrected chi connectivity index (χ1v) is 10.2. The second-order valence-corrected chi connectivity index (χ2v) is 9.02. The molecule has 0 bridgehead atoms. The molecule has 0 aliphatic carbocycles. The van der Waals surface area contributed by atoms with Gasteiger partial charge in [0.2, 0.25) is 11.8 Å². The molecule has 0 atom stereocenters. The van der Waals surface area contributed by atoms with Crippen molar-refractivity contribution in [3.05, 3.63) is 35.4 Å². The molecule has 1 aliphatic rings. The molecule has 0 saturated carbocycles. The molecule has 29 heavy (non-hydrogen) atoms. The number of halogens is 2. The van der Waals surface area contributed by atoms with Crippen molar-refractivity contribution in [3.8, 4) is 0 Å². The second-order valence-electron chi connectivity index (χ2n) is 9.02. The third-order valence-corrected chi connectivity index (χ3v) is 5.32. The highest BCUT2D eigenvalue weighted by atomic mass is 19.2. The third kappa shape index (κ3) is 7.38. The zero-order valence-electron chi connectivity index (χ0n) is 17.9. The van der Waals surface area contributed by atoms with E-state index in [1.54, 1.807) is 4.90 Å². The summed E-state index contributed by atoms with van der Waals surface area (Å²) in [6.07, 6.45) is 1.92. The van der Waals surface area contributed by atoms with Crippen LogP contribution in [-0.4, -0.2) is 61.9 Å². The minimum atomic E-state index is -0.893. The zero-order chi connectivity index (χ0) is 21.6. The molecule has 0 unspecified atom stereocenters. The summed E-state index contributed by atoms with van der Waals surface area (Å²) in [5.41, 5.74) is 0.599. The number of aryl methyl sites for hydroxylation is 1. The Morgan fingerprint density at radius 3 is 2.41 bits per heavy atom. The van der Waals surface area contributed by atoms with Crippen LogP contribution in [0.15, 0.2) is 18.2 Å². The first-order chi connectivity index (χ1) is 13.6. The summed E-state index contributed by atoms with van der Waals surface area (Å²) < 4.78 is 26.2. The number of rotatable bonds is 8. The number of nitrogens with zero attached hydrogens (tertiary/aromatic N) is 2. The Balaban J connectivity index is 1.74. The Kier molecular flexibility index (Phi) is 8.14. The summed E-state index contributed by atoms with van der Waals surface area (Å²) in [5.74, 6) is -1.80. The summed E-state index contributed by atoms with van der Waals surface area (Å²) >= 11 is 0. The lowest BCUT2D eigenvalue weighted by Crippen LogP contribution is -2.46. The van der Waals surface area contributed by atoms with Crippen LogP contribution in [0.4, 0.5) is 8.78 Å². The quantitative estimate of drug-likeness (QED) is 0.718. The summed E-state index contributed by atoms with van der Waals surface area (Å²) in [6, 6.07) is 3.72. The van der Waals surface area contributed by atoms with Gasteiger partial charge < -0.3 is 15.1 Å². The third-order valence-electron chi connectivity index (χ3n) is 5.32. The number of nitrogens with one attached hydrogen (secondary N) is 1. The maximum absolute atomic E-state index is 13.3. The highest BCUT2D eigenvalue weighted by Gasteiger charge is 2.28. The molecule has 1 fully saturated rings. The predicted octanol–water partition coefficient (Wildman–Crippen LogP) is 2.84. The van der Waals surface area contributed by atoms with Gasteiger partial charge in [0.15, 0.2) is 11.6 Å². The van der Waals surface area contributed by atoms with Crippen LogP contribution in [0.1, 0.15) is 38.7 Å². The van der Waals surface area contributed by atoms with Crippen LogP contribution < -0.4 is 5.32 Å². The van der Waals surface area contributed by atoms with E-state index in [1.807, 2.05) is 14.1 Å². The van der Waals surface area contributed by atoms with E-state index >= 15 is 0 Å². The monoisotopic (exact) mass is 409 g/mol. The number of hydrogen-bond donors (Lipinski definition) is 1. The summed E-state index contributed by atoms with van der Waals surface area (Å²) in [5, 5.41) is 3.06. The minimum absolute atomic E-state index is 0.00431. The Labute approximate surface area is 172 Å². The molecule has 1 aromatic carbocycles. The van der Waals surface area contributed by atoms with Crippen molar-refractivity contribution in [2.24, 2.45) is 11.3 Å². The van der Waals surface area contributed by atoms with Crippen LogP contribution in [0.25, 0.3) is 0 Å². The fraction of sp³-hybridized carbons (Fsp3) is 0.636. The summed E-state index contributed by atoms with van der Waals surface area (Å²) in [4.78, 5) is 28.8. The SMILES string of the molecule is CN(C)CC(C)(C)CNC(=O)C1CCN(C(=O)CCc2ccc(F)c(F)c2)CC1. The van der Waals surface area contributed by atoms with Crippen LogP contribution in [0.2, 0.25) is 0 Å². The van der Waals surface area contributed by atoms with Crippen LogP contribution in [-0.2, 0) is 16.0 Å². The molecule has 162 valence electrons. The van der Waals surface area contributed by atoms with Gasteiger partial charge in [-0.05, 0) is 56.5 Å². The Hall–Kier alpha value is -2.02. The van der Waals surface area contributed by atoms with Gasteiger partial charge in [-0.3, -0.25) is 9.59 Å². The van der Waals surface area contributed by atoms with Crippen LogP contribution in [0.3, 0.4) is 0 Å². The number of carbonyl (C=O) groups excluding carboxylic acids is 2. The van der Waals surface area contributed by atoms with E-state index in [4.69, 9.17) is 0 Å². The van der Waals surface area contributed by atoms with E-state index in [-0.39, 0.29) is 29.6 Å². The standard InChI is InChI=1S/C22H33F2N3O2/c1-22(2,15-26(3)4)14-25-21(29)17-9-11-27(12-10-17)20(28)8-6-16-5-7-18(23)19(24)13-16/h5,7,13,17H,6,8-12,14-15H2,1-4H3,(H,25,29). The van der Waals surface area contributed by atoms with E-state index in [0.717, 1.165) is 18.7 Å². The molecule has 2 amide bonds. The fourth-order valence-corrected chi connectivity index (χ4v) is 3.88. The molecule has 7 heteroatoms. The largest absolute Gasteiger partial charge is 0.355 e. The highest BCUT2D eigenvalue weighted by molar-refractivity contribution is 5.80. The first kappa shape index (κ1) is 23.3. The molecule has 1 heterocycles. The number of carbonyl (C=O) groups is 2. The van der Waals surface area contributed by atoms with Gasteiger partial charge in [0, 0.05) is 38.5 Å². The number of amides is 2. The number of benzene rings is 1. The summed E-state index contributed by atoms with van der Waals surface area (Å²) in [6.45, 7) is 6.87. The van der Waals surface area contributed by atoms with Gasteiger partial charge in [0.05, 0.1) is 0 Å². The topological polar surface area (TPSA) is 52.7 Å². The Morgan fingerprint density at radius 2 is 1.83 bits per heavy atom. The molecule has 5 nitrogen and oxygen atoms in total. The van der Waals surface area contributed by atoms with Gasteiger partial charge in [-0.25, -0.2) is 8.78 Å². The first-order valence-electron chi connectivity index (χ1n) is 10.2. The molecule has 1 aromatic rings. The molecule has 0 aromatic heterocycles. The van der Waals surface area contributed by atoms with Gasteiger partial charge in [-0.2, -0.15) is 0 Å². The summed E-state index contributed by atoms with van der Waals surface area (Å²) in [7, 11) is 4.03. The van der Waals surface area contributed by atoms with Crippen molar-refractivity contribution in [1.29, 1.82) is 0 Å². The maximum atomic E-state index is 13.3. The lowest BCUT2D eigenvalue weighted by Gasteiger charge is -2.33. The number of piperidine rings is 1. The molecule has 1 saturated heterocycles. The van der Waals surface area contributed by atoms with Crippen molar-refractivity contribution in [1.82, 2.24) is 15.1 Å². The molecule has 0 radical (unpaired) electrons. The maximum Gasteiger partial charge on any atom is 0.223 e. The van der Waals surface area contributed by atoms with Crippen molar-refractivity contribution in [2.45, 2.75) is 39.5 Å². The van der Waals surface area contributed by atoms with Crippen molar-refractivity contribution < 1.29 is 18.4 Å². The van der Waals surface area contributed by atoms with E-state index in [1.165, 1.54) is 6.07 Å². The van der Waals surface area contributed by atoms with E-state index in [2.05, 4.69) is 24.1 Å². The molecule has 0 spiro atoms. The molecular formula is C22H33F2N3O2. The molecule has 1 aliphatic heterocycles. The smallest absolute Gasteiger partial charge is 0.223 e. The normalized spacial score (nSPS) is 15.6. The zero-order valence-corrected chi connectivity index (χ0v) is 17.9. The molecule has 1 N–H and O–H groups in total. The number of hydrogen-bond acceptors (Lipinski definition) is 3. The lowest BCUT2D eigenvalue weighted by molar-refractivity contribution is -0.135. The van der Waals surface area contributed by atoms with Crippen molar-refractivity contribution >= 4 is 11.8 Å². The Bertz CT molecular complexity index is 714. The molecular weight excluding hydrogens is 376 g/mol. The second kappa shape index (κ2) is 10.1. The van der Waals surface area contributed by atoms with Gasteiger partial charge in [0.25, 0.3) is 0 Å². The van der Waals surface area contributed by atoms with Crippen LogP contribution in [0, 0.1) is 23.0 Å². The number of likely N-dealkylation sites (tertiary alicyclic amines) is 1. The Morgan fingerprint density at radius 1 is 1.17 bits per heavy atom.